The van der Waals surface area contributed by atoms with E-state index in [-0.39, 0.29) is 6.10 Å². The molecule has 1 heterocycles. The zero-order valence-corrected chi connectivity index (χ0v) is 9.15. The quantitative estimate of drug-likeness (QED) is 0.837. The van der Waals surface area contributed by atoms with Crippen LogP contribution in [0.15, 0.2) is 12.1 Å². The lowest BCUT2D eigenvalue weighted by Gasteiger charge is -2.25. The monoisotopic (exact) mass is 227 g/mol. The molecule has 1 aromatic heterocycles. The van der Waals surface area contributed by atoms with Crippen molar-refractivity contribution in [2.24, 2.45) is 5.73 Å². The summed E-state index contributed by atoms with van der Waals surface area (Å²) in [5.41, 5.74) is 5.81. The van der Waals surface area contributed by atoms with E-state index in [1.807, 2.05) is 0 Å². The third-order valence-electron chi connectivity index (χ3n) is 2.61. The van der Waals surface area contributed by atoms with Crippen molar-refractivity contribution < 1.29 is 4.74 Å². The third-order valence-corrected chi connectivity index (χ3v) is 2.82. The first-order chi connectivity index (χ1) is 7.24. The van der Waals surface area contributed by atoms with E-state index in [1.54, 1.807) is 12.1 Å². The fraction of sp³-hybridized carbons (Fsp3) is 0.600. The molecule has 0 bridgehead atoms. The van der Waals surface area contributed by atoms with Crippen molar-refractivity contribution in [3.05, 3.63) is 17.3 Å². The van der Waals surface area contributed by atoms with Crippen molar-refractivity contribution in [1.29, 1.82) is 0 Å². The SMILES string of the molecule is NC1CCC(Oc2ccc(Cl)nn2)CC1. The second kappa shape index (κ2) is 4.77. The summed E-state index contributed by atoms with van der Waals surface area (Å²) in [5, 5.41) is 7.96. The van der Waals surface area contributed by atoms with E-state index in [0.717, 1.165) is 25.7 Å². The molecule has 0 spiro atoms. The number of hydrogen-bond donors (Lipinski definition) is 1. The molecule has 1 saturated carbocycles. The van der Waals surface area contributed by atoms with Crippen molar-refractivity contribution in [1.82, 2.24) is 10.2 Å². The Bertz CT molecular complexity index is 309. The van der Waals surface area contributed by atoms with Crippen LogP contribution >= 0.6 is 11.6 Å². The van der Waals surface area contributed by atoms with Crippen molar-refractivity contribution in [2.45, 2.75) is 37.8 Å². The van der Waals surface area contributed by atoms with E-state index in [1.165, 1.54) is 0 Å². The number of aromatic nitrogens is 2. The molecule has 1 fully saturated rings. The maximum absolute atomic E-state index is 5.81. The topological polar surface area (TPSA) is 61.0 Å². The Balaban J connectivity index is 1.89. The molecule has 0 amide bonds. The Morgan fingerprint density at radius 1 is 1.20 bits per heavy atom. The number of hydrogen-bond acceptors (Lipinski definition) is 4. The molecule has 1 aliphatic carbocycles. The summed E-state index contributed by atoms with van der Waals surface area (Å²) in [7, 11) is 0. The zero-order chi connectivity index (χ0) is 10.7. The first-order valence-corrected chi connectivity index (χ1v) is 5.53. The lowest BCUT2D eigenvalue weighted by atomic mass is 9.94. The van der Waals surface area contributed by atoms with Crippen molar-refractivity contribution in [2.75, 3.05) is 0 Å². The molecule has 82 valence electrons. The lowest BCUT2D eigenvalue weighted by Crippen LogP contribution is -2.31. The van der Waals surface area contributed by atoms with Crippen LogP contribution in [0.4, 0.5) is 0 Å². The highest BCUT2D eigenvalue weighted by atomic mass is 35.5. The number of rotatable bonds is 2. The highest BCUT2D eigenvalue weighted by Gasteiger charge is 2.20. The summed E-state index contributed by atoms with van der Waals surface area (Å²) in [6.45, 7) is 0. The van der Waals surface area contributed by atoms with Crippen molar-refractivity contribution >= 4 is 11.6 Å². The van der Waals surface area contributed by atoms with E-state index < -0.39 is 0 Å². The van der Waals surface area contributed by atoms with E-state index in [0.29, 0.717) is 17.1 Å². The first-order valence-electron chi connectivity index (χ1n) is 5.15. The largest absolute Gasteiger partial charge is 0.473 e. The Kier molecular flexibility index (Phi) is 3.38. The van der Waals surface area contributed by atoms with Gasteiger partial charge in [-0.1, -0.05) is 11.6 Å². The van der Waals surface area contributed by atoms with Crippen LogP contribution in [0.25, 0.3) is 0 Å². The van der Waals surface area contributed by atoms with Crippen LogP contribution in [0.1, 0.15) is 25.7 Å². The molecule has 0 aliphatic heterocycles. The van der Waals surface area contributed by atoms with Crippen LogP contribution in [0.2, 0.25) is 5.15 Å². The molecule has 1 aliphatic rings. The Hall–Kier alpha value is -0.870. The molecule has 5 heteroatoms. The molecule has 0 radical (unpaired) electrons. The van der Waals surface area contributed by atoms with Crippen LogP contribution in [0, 0.1) is 0 Å². The molecular formula is C10H14ClN3O. The highest BCUT2D eigenvalue weighted by Crippen LogP contribution is 2.21. The fourth-order valence-electron chi connectivity index (χ4n) is 1.74. The van der Waals surface area contributed by atoms with Gasteiger partial charge in [-0.05, 0) is 31.7 Å². The van der Waals surface area contributed by atoms with E-state index in [2.05, 4.69) is 10.2 Å². The first kappa shape index (κ1) is 10.6. The van der Waals surface area contributed by atoms with Crippen LogP contribution in [0.3, 0.4) is 0 Å². The summed E-state index contributed by atoms with van der Waals surface area (Å²) < 4.78 is 5.67. The van der Waals surface area contributed by atoms with Gasteiger partial charge in [0.15, 0.2) is 5.15 Å². The van der Waals surface area contributed by atoms with Gasteiger partial charge in [-0.2, -0.15) is 0 Å². The Morgan fingerprint density at radius 2 is 1.93 bits per heavy atom. The number of nitrogens with two attached hydrogens (primary N) is 1. The number of ether oxygens (including phenoxy) is 1. The summed E-state index contributed by atoms with van der Waals surface area (Å²) >= 11 is 5.63. The molecule has 4 nitrogen and oxygen atoms in total. The maximum Gasteiger partial charge on any atom is 0.233 e. The van der Waals surface area contributed by atoms with Gasteiger partial charge in [0, 0.05) is 12.1 Å². The van der Waals surface area contributed by atoms with Crippen LogP contribution < -0.4 is 10.5 Å². The molecule has 0 atom stereocenters. The van der Waals surface area contributed by atoms with Crippen LogP contribution in [0.5, 0.6) is 5.88 Å². The van der Waals surface area contributed by atoms with Gasteiger partial charge in [0.05, 0.1) is 0 Å². The standard InChI is InChI=1S/C10H14ClN3O/c11-9-5-6-10(14-13-9)15-8-3-1-7(12)2-4-8/h5-8H,1-4,12H2. The number of nitrogens with zero attached hydrogens (tertiary/aromatic N) is 2. The smallest absolute Gasteiger partial charge is 0.233 e. The van der Waals surface area contributed by atoms with Gasteiger partial charge < -0.3 is 10.5 Å². The van der Waals surface area contributed by atoms with Gasteiger partial charge in [0.25, 0.3) is 0 Å². The minimum atomic E-state index is 0.222. The summed E-state index contributed by atoms with van der Waals surface area (Å²) in [6, 6.07) is 3.75. The molecule has 15 heavy (non-hydrogen) atoms. The van der Waals surface area contributed by atoms with Crippen LogP contribution in [-0.4, -0.2) is 22.3 Å². The molecule has 0 aromatic carbocycles. The Labute approximate surface area is 93.8 Å². The molecule has 0 saturated heterocycles. The van der Waals surface area contributed by atoms with Crippen molar-refractivity contribution in [3.8, 4) is 5.88 Å². The summed E-state index contributed by atoms with van der Waals surface area (Å²) in [5.74, 6) is 0.542. The number of halogens is 1. The minimum Gasteiger partial charge on any atom is -0.473 e. The van der Waals surface area contributed by atoms with Gasteiger partial charge in [0.1, 0.15) is 6.10 Å². The molecule has 2 rings (SSSR count). The van der Waals surface area contributed by atoms with Gasteiger partial charge >= 0.3 is 0 Å². The average molecular weight is 228 g/mol. The zero-order valence-electron chi connectivity index (χ0n) is 8.40. The highest BCUT2D eigenvalue weighted by molar-refractivity contribution is 6.29. The minimum absolute atomic E-state index is 0.222. The Morgan fingerprint density at radius 3 is 2.53 bits per heavy atom. The molecular weight excluding hydrogens is 214 g/mol. The average Bonchev–Trinajstić information content (AvgIpc) is 2.25. The maximum atomic E-state index is 5.81. The predicted octanol–water partition coefficient (Wildman–Crippen LogP) is 1.78. The van der Waals surface area contributed by atoms with Crippen LogP contribution in [-0.2, 0) is 0 Å². The predicted molar refractivity (Wildman–Crippen MR) is 57.9 cm³/mol. The second-order valence-corrected chi connectivity index (χ2v) is 4.24. The molecule has 1 aromatic rings. The third kappa shape index (κ3) is 3.04. The van der Waals surface area contributed by atoms with Gasteiger partial charge in [-0.3, -0.25) is 0 Å². The lowest BCUT2D eigenvalue weighted by molar-refractivity contribution is 0.140. The molecule has 0 unspecified atom stereocenters. The van der Waals surface area contributed by atoms with Gasteiger partial charge in [0.2, 0.25) is 5.88 Å². The van der Waals surface area contributed by atoms with E-state index >= 15 is 0 Å². The fourth-order valence-corrected chi connectivity index (χ4v) is 1.84. The van der Waals surface area contributed by atoms with E-state index in [9.17, 15) is 0 Å². The van der Waals surface area contributed by atoms with E-state index in [4.69, 9.17) is 22.1 Å². The summed E-state index contributed by atoms with van der Waals surface area (Å²) in [6.07, 6.45) is 4.24. The van der Waals surface area contributed by atoms with Crippen molar-refractivity contribution in [3.63, 3.8) is 0 Å². The van der Waals surface area contributed by atoms with Gasteiger partial charge in [-0.25, -0.2) is 0 Å². The summed E-state index contributed by atoms with van der Waals surface area (Å²) in [4.78, 5) is 0. The van der Waals surface area contributed by atoms with Gasteiger partial charge in [-0.15, -0.1) is 10.2 Å². The molecule has 2 N–H and O–H groups in total. The second-order valence-electron chi connectivity index (χ2n) is 3.85. The normalized spacial score (nSPS) is 26.3.